The number of amides is 1. The third-order valence-electron chi connectivity index (χ3n) is 3.50. The van der Waals surface area contributed by atoms with E-state index in [2.05, 4.69) is 21.2 Å². The number of ether oxygens (including phenoxy) is 2. The van der Waals surface area contributed by atoms with Gasteiger partial charge in [-0.2, -0.15) is 0 Å². The number of halogens is 1. The van der Waals surface area contributed by atoms with E-state index in [1.807, 2.05) is 43.3 Å². The maximum Gasteiger partial charge on any atom is 0.411 e. The van der Waals surface area contributed by atoms with Gasteiger partial charge < -0.3 is 9.47 Å². The normalized spacial score (nSPS) is 10.2. The lowest BCUT2D eigenvalue weighted by Crippen LogP contribution is -2.18. The highest BCUT2D eigenvalue weighted by Gasteiger charge is 2.19. The van der Waals surface area contributed by atoms with Crippen molar-refractivity contribution in [3.63, 3.8) is 0 Å². The van der Waals surface area contributed by atoms with Gasteiger partial charge in [0.1, 0.15) is 6.61 Å². The number of aryl methyl sites for hydroxylation is 1. The van der Waals surface area contributed by atoms with E-state index in [1.54, 1.807) is 13.0 Å². The van der Waals surface area contributed by atoms with Gasteiger partial charge in [0.2, 0.25) is 0 Å². The first kappa shape index (κ1) is 19.0. The van der Waals surface area contributed by atoms with E-state index >= 15 is 0 Å². The summed E-state index contributed by atoms with van der Waals surface area (Å²) in [6, 6.07) is 12.9. The predicted molar refractivity (Wildman–Crippen MR) is 99.7 cm³/mol. The standard InChI is InChI=1S/C19H20BrNO4/c1-3-14-10-15(20)11-16(18(22)24-4-2)17(14)21-19(23)25-12-13-8-6-5-7-9-13/h5-11H,3-4,12H2,1-2H3,(H,21,23). The van der Waals surface area contributed by atoms with Crippen LogP contribution in [0.25, 0.3) is 0 Å². The van der Waals surface area contributed by atoms with Gasteiger partial charge in [-0.25, -0.2) is 9.59 Å². The van der Waals surface area contributed by atoms with Crippen LogP contribution in [0.5, 0.6) is 0 Å². The van der Waals surface area contributed by atoms with Gasteiger partial charge >= 0.3 is 12.1 Å². The van der Waals surface area contributed by atoms with Crippen LogP contribution in [0, 0.1) is 0 Å². The molecule has 0 unspecified atom stereocenters. The first-order chi connectivity index (χ1) is 12.0. The van der Waals surface area contributed by atoms with Gasteiger partial charge in [0.05, 0.1) is 17.9 Å². The Morgan fingerprint density at radius 2 is 1.80 bits per heavy atom. The second-order valence-electron chi connectivity index (χ2n) is 5.25. The Bertz CT molecular complexity index is 747. The molecule has 0 atom stereocenters. The molecule has 0 aromatic heterocycles. The van der Waals surface area contributed by atoms with Crippen molar-refractivity contribution in [2.75, 3.05) is 11.9 Å². The average Bonchev–Trinajstić information content (AvgIpc) is 2.62. The van der Waals surface area contributed by atoms with Crippen molar-refractivity contribution in [2.24, 2.45) is 0 Å². The number of nitrogens with one attached hydrogen (secondary N) is 1. The number of hydrogen-bond acceptors (Lipinski definition) is 4. The van der Waals surface area contributed by atoms with Crippen LogP contribution in [0.15, 0.2) is 46.9 Å². The van der Waals surface area contributed by atoms with Crippen molar-refractivity contribution in [2.45, 2.75) is 26.9 Å². The molecule has 0 saturated carbocycles. The quantitative estimate of drug-likeness (QED) is 0.691. The molecule has 0 fully saturated rings. The van der Waals surface area contributed by atoms with E-state index < -0.39 is 12.1 Å². The van der Waals surface area contributed by atoms with E-state index in [-0.39, 0.29) is 13.2 Å². The Labute approximate surface area is 155 Å². The van der Waals surface area contributed by atoms with E-state index in [4.69, 9.17) is 9.47 Å². The van der Waals surface area contributed by atoms with E-state index in [0.29, 0.717) is 17.7 Å². The van der Waals surface area contributed by atoms with Crippen LogP contribution in [-0.2, 0) is 22.5 Å². The lowest BCUT2D eigenvalue weighted by Gasteiger charge is -2.15. The van der Waals surface area contributed by atoms with Crippen LogP contribution in [0.1, 0.15) is 35.3 Å². The molecule has 2 rings (SSSR count). The van der Waals surface area contributed by atoms with Gasteiger partial charge in [0.15, 0.2) is 0 Å². The molecule has 25 heavy (non-hydrogen) atoms. The maximum atomic E-state index is 12.2. The summed E-state index contributed by atoms with van der Waals surface area (Å²) in [6.07, 6.45) is 0.0200. The molecule has 0 saturated heterocycles. The molecule has 6 heteroatoms. The van der Waals surface area contributed by atoms with Crippen LogP contribution < -0.4 is 5.32 Å². The van der Waals surface area contributed by atoms with Crippen LogP contribution in [0.3, 0.4) is 0 Å². The fourth-order valence-electron chi connectivity index (χ4n) is 2.32. The van der Waals surface area contributed by atoms with Crippen molar-refractivity contribution in [1.29, 1.82) is 0 Å². The molecule has 2 aromatic carbocycles. The zero-order valence-corrected chi connectivity index (χ0v) is 15.8. The molecule has 2 aromatic rings. The Morgan fingerprint density at radius 3 is 2.44 bits per heavy atom. The molecule has 0 aliphatic carbocycles. The van der Waals surface area contributed by atoms with Crippen molar-refractivity contribution in [3.05, 3.63) is 63.6 Å². The average molecular weight is 406 g/mol. The van der Waals surface area contributed by atoms with Crippen molar-refractivity contribution >= 4 is 33.7 Å². The number of anilines is 1. The van der Waals surface area contributed by atoms with E-state index in [9.17, 15) is 9.59 Å². The number of benzene rings is 2. The third kappa shape index (κ3) is 5.32. The zero-order chi connectivity index (χ0) is 18.2. The van der Waals surface area contributed by atoms with E-state index in [0.717, 1.165) is 15.6 Å². The molecule has 0 heterocycles. The molecule has 0 aliphatic heterocycles. The van der Waals surface area contributed by atoms with Gasteiger partial charge in [-0.05, 0) is 36.6 Å². The minimum atomic E-state index is -0.619. The Hall–Kier alpha value is -2.34. The number of carbonyl (C=O) groups excluding carboxylic acids is 2. The first-order valence-electron chi connectivity index (χ1n) is 8.02. The lowest BCUT2D eigenvalue weighted by atomic mass is 10.0. The summed E-state index contributed by atoms with van der Waals surface area (Å²) in [5, 5.41) is 2.68. The molecule has 1 N–H and O–H groups in total. The molecule has 0 spiro atoms. The summed E-state index contributed by atoms with van der Waals surface area (Å²) < 4.78 is 11.1. The molecular weight excluding hydrogens is 386 g/mol. The summed E-state index contributed by atoms with van der Waals surface area (Å²) in [5.74, 6) is -0.489. The molecular formula is C19H20BrNO4. The Kier molecular flexibility index (Phi) is 7.01. The topological polar surface area (TPSA) is 64.6 Å². The largest absolute Gasteiger partial charge is 0.462 e. The maximum absolute atomic E-state index is 12.2. The smallest absolute Gasteiger partial charge is 0.411 e. The fraction of sp³-hybridized carbons (Fsp3) is 0.263. The Morgan fingerprint density at radius 1 is 1.08 bits per heavy atom. The summed E-state index contributed by atoms with van der Waals surface area (Å²) >= 11 is 3.38. The van der Waals surface area contributed by atoms with Crippen LogP contribution in [-0.4, -0.2) is 18.7 Å². The number of esters is 1. The highest BCUT2D eigenvalue weighted by Crippen LogP contribution is 2.28. The Balaban J connectivity index is 2.18. The molecule has 1 amide bonds. The van der Waals surface area contributed by atoms with Gasteiger partial charge in [0, 0.05) is 4.47 Å². The van der Waals surface area contributed by atoms with Gasteiger partial charge in [-0.3, -0.25) is 5.32 Å². The number of rotatable bonds is 6. The number of carbonyl (C=O) groups is 2. The monoisotopic (exact) mass is 405 g/mol. The molecule has 5 nitrogen and oxygen atoms in total. The van der Waals surface area contributed by atoms with Crippen molar-refractivity contribution in [3.8, 4) is 0 Å². The van der Waals surface area contributed by atoms with Crippen LogP contribution >= 0.6 is 15.9 Å². The van der Waals surface area contributed by atoms with Crippen LogP contribution in [0.2, 0.25) is 0 Å². The highest BCUT2D eigenvalue weighted by atomic mass is 79.9. The summed E-state index contributed by atoms with van der Waals surface area (Å²) in [7, 11) is 0. The molecule has 0 radical (unpaired) electrons. The number of hydrogen-bond donors (Lipinski definition) is 1. The third-order valence-corrected chi connectivity index (χ3v) is 3.96. The summed E-state index contributed by atoms with van der Waals surface area (Å²) in [5.41, 5.74) is 2.41. The second-order valence-corrected chi connectivity index (χ2v) is 6.16. The molecule has 132 valence electrons. The van der Waals surface area contributed by atoms with Crippen LogP contribution in [0.4, 0.5) is 10.5 Å². The van der Waals surface area contributed by atoms with E-state index in [1.165, 1.54) is 0 Å². The predicted octanol–water partition coefficient (Wildman–Crippen LogP) is 4.94. The first-order valence-corrected chi connectivity index (χ1v) is 8.81. The minimum Gasteiger partial charge on any atom is -0.462 e. The lowest BCUT2D eigenvalue weighted by molar-refractivity contribution is 0.0527. The van der Waals surface area contributed by atoms with Gasteiger partial charge in [-0.15, -0.1) is 0 Å². The SMILES string of the molecule is CCOC(=O)c1cc(Br)cc(CC)c1NC(=O)OCc1ccccc1. The summed E-state index contributed by atoms with van der Waals surface area (Å²) in [4.78, 5) is 24.4. The van der Waals surface area contributed by atoms with Crippen molar-refractivity contribution in [1.82, 2.24) is 0 Å². The van der Waals surface area contributed by atoms with Gasteiger partial charge in [-0.1, -0.05) is 53.2 Å². The fourth-order valence-corrected chi connectivity index (χ4v) is 2.83. The second kappa shape index (κ2) is 9.22. The summed E-state index contributed by atoms with van der Waals surface area (Å²) in [6.45, 7) is 4.08. The minimum absolute atomic E-state index is 0.152. The highest BCUT2D eigenvalue weighted by molar-refractivity contribution is 9.10. The van der Waals surface area contributed by atoms with Crippen molar-refractivity contribution < 1.29 is 19.1 Å². The van der Waals surface area contributed by atoms with Gasteiger partial charge in [0.25, 0.3) is 0 Å². The zero-order valence-electron chi connectivity index (χ0n) is 14.2. The molecule has 0 bridgehead atoms. The molecule has 0 aliphatic rings.